The zero-order valence-electron chi connectivity index (χ0n) is 12.2. The Morgan fingerprint density at radius 3 is 2.52 bits per heavy atom. The molecule has 0 aromatic heterocycles. The van der Waals surface area contributed by atoms with Crippen LogP contribution >= 0.6 is 23.4 Å². The molecule has 0 bridgehead atoms. The van der Waals surface area contributed by atoms with Crippen LogP contribution in [0, 0.1) is 11.7 Å². The third-order valence-electron chi connectivity index (χ3n) is 2.93. The Balaban J connectivity index is 2.12. The van der Waals surface area contributed by atoms with Crippen LogP contribution in [0.3, 0.4) is 0 Å². The fourth-order valence-electron chi connectivity index (χ4n) is 1.91. The molecule has 0 saturated carbocycles. The first-order valence-electron chi connectivity index (χ1n) is 6.97. The lowest BCUT2D eigenvalue weighted by Gasteiger charge is -2.12. The van der Waals surface area contributed by atoms with E-state index in [9.17, 15) is 4.39 Å². The second-order valence-electron chi connectivity index (χ2n) is 5.33. The van der Waals surface area contributed by atoms with Crippen LogP contribution in [0.25, 0.3) is 0 Å². The zero-order chi connectivity index (χ0) is 15.2. The largest absolute Gasteiger partial charge is 0.312 e. The summed E-state index contributed by atoms with van der Waals surface area (Å²) in [4.78, 5) is 2.16. The van der Waals surface area contributed by atoms with Crippen LogP contribution < -0.4 is 5.32 Å². The van der Waals surface area contributed by atoms with Crippen LogP contribution in [0.2, 0.25) is 5.02 Å². The molecule has 1 N–H and O–H groups in total. The zero-order valence-corrected chi connectivity index (χ0v) is 13.8. The van der Waals surface area contributed by atoms with Gasteiger partial charge in [-0.3, -0.25) is 0 Å². The summed E-state index contributed by atoms with van der Waals surface area (Å²) in [5, 5.41) is 4.08. The van der Waals surface area contributed by atoms with E-state index in [4.69, 9.17) is 11.6 Å². The average molecular weight is 324 g/mol. The Hall–Kier alpha value is -1.03. The van der Waals surface area contributed by atoms with Crippen molar-refractivity contribution in [2.45, 2.75) is 30.2 Å². The van der Waals surface area contributed by atoms with E-state index in [1.54, 1.807) is 17.8 Å². The molecule has 0 atom stereocenters. The van der Waals surface area contributed by atoms with Gasteiger partial charge in [0.2, 0.25) is 0 Å². The molecule has 1 nitrogen and oxygen atoms in total. The summed E-state index contributed by atoms with van der Waals surface area (Å²) in [5.74, 6) is 0.378. The molecular formula is C17H19ClFNS. The van der Waals surface area contributed by atoms with Gasteiger partial charge in [0, 0.05) is 21.4 Å². The highest BCUT2D eigenvalue weighted by atomic mass is 35.5. The molecule has 0 aliphatic carbocycles. The van der Waals surface area contributed by atoms with Gasteiger partial charge in [-0.2, -0.15) is 0 Å². The van der Waals surface area contributed by atoms with Crippen molar-refractivity contribution in [3.8, 4) is 0 Å². The van der Waals surface area contributed by atoms with E-state index in [2.05, 4.69) is 19.2 Å². The Labute approximate surface area is 134 Å². The van der Waals surface area contributed by atoms with Gasteiger partial charge in [-0.25, -0.2) is 4.39 Å². The quantitative estimate of drug-likeness (QED) is 0.766. The highest BCUT2D eigenvalue weighted by molar-refractivity contribution is 7.99. The van der Waals surface area contributed by atoms with E-state index in [-0.39, 0.29) is 5.82 Å². The number of hydrogen-bond donors (Lipinski definition) is 1. The maximum atomic E-state index is 13.5. The lowest BCUT2D eigenvalue weighted by molar-refractivity contribution is 0.547. The Morgan fingerprint density at radius 2 is 1.86 bits per heavy atom. The van der Waals surface area contributed by atoms with Gasteiger partial charge in [-0.05, 0) is 60.5 Å². The van der Waals surface area contributed by atoms with Crippen molar-refractivity contribution >= 4 is 23.4 Å². The van der Waals surface area contributed by atoms with Crippen molar-refractivity contribution in [1.29, 1.82) is 0 Å². The molecule has 0 amide bonds. The molecule has 0 saturated heterocycles. The molecule has 4 heteroatoms. The standard InChI is InChI=1S/C17H19ClFNS/c1-12(2)10-20-11-13-9-15(19)5-8-17(13)21-16-6-3-14(18)4-7-16/h3-9,12,20H,10-11H2,1-2H3. The van der Waals surface area contributed by atoms with E-state index in [0.717, 1.165) is 26.9 Å². The minimum atomic E-state index is -0.197. The molecule has 2 aromatic carbocycles. The number of nitrogens with one attached hydrogen (secondary N) is 1. The molecule has 0 radical (unpaired) electrons. The van der Waals surface area contributed by atoms with E-state index in [0.29, 0.717) is 12.5 Å². The lowest BCUT2D eigenvalue weighted by atomic mass is 10.2. The summed E-state index contributed by atoms with van der Waals surface area (Å²) in [6.45, 7) is 5.90. The topological polar surface area (TPSA) is 12.0 Å². The molecular weight excluding hydrogens is 305 g/mol. The Morgan fingerprint density at radius 1 is 1.14 bits per heavy atom. The van der Waals surface area contributed by atoms with E-state index in [1.807, 2.05) is 30.3 Å². The third-order valence-corrected chi connectivity index (χ3v) is 4.31. The number of rotatable bonds is 6. The second kappa shape index (κ2) is 7.83. The summed E-state index contributed by atoms with van der Waals surface area (Å²) in [6, 6.07) is 12.6. The van der Waals surface area contributed by atoms with Crippen molar-refractivity contribution in [2.24, 2.45) is 5.92 Å². The normalized spacial score (nSPS) is 11.1. The number of halogens is 2. The second-order valence-corrected chi connectivity index (χ2v) is 6.88. The smallest absolute Gasteiger partial charge is 0.123 e. The first kappa shape index (κ1) is 16.3. The number of benzene rings is 2. The van der Waals surface area contributed by atoms with E-state index >= 15 is 0 Å². The fourth-order valence-corrected chi connectivity index (χ4v) is 2.96. The molecule has 0 unspecified atom stereocenters. The summed E-state index contributed by atoms with van der Waals surface area (Å²) >= 11 is 7.52. The first-order valence-corrected chi connectivity index (χ1v) is 8.16. The summed E-state index contributed by atoms with van der Waals surface area (Å²) in [7, 11) is 0. The van der Waals surface area contributed by atoms with E-state index in [1.165, 1.54) is 6.07 Å². The molecule has 112 valence electrons. The predicted molar refractivity (Wildman–Crippen MR) is 88.5 cm³/mol. The van der Waals surface area contributed by atoms with Crippen LogP contribution in [0.1, 0.15) is 19.4 Å². The van der Waals surface area contributed by atoms with Gasteiger partial charge in [0.25, 0.3) is 0 Å². The molecule has 21 heavy (non-hydrogen) atoms. The van der Waals surface area contributed by atoms with E-state index < -0.39 is 0 Å². The number of hydrogen-bond acceptors (Lipinski definition) is 2. The summed E-state index contributed by atoms with van der Waals surface area (Å²) < 4.78 is 13.5. The van der Waals surface area contributed by atoms with Crippen LogP contribution in [-0.2, 0) is 6.54 Å². The molecule has 2 aromatic rings. The molecule has 0 heterocycles. The van der Waals surface area contributed by atoms with Crippen LogP contribution in [0.15, 0.2) is 52.3 Å². The van der Waals surface area contributed by atoms with Gasteiger partial charge in [-0.1, -0.05) is 37.2 Å². The minimum Gasteiger partial charge on any atom is -0.312 e. The molecule has 2 rings (SSSR count). The van der Waals surface area contributed by atoms with Crippen molar-refractivity contribution < 1.29 is 4.39 Å². The van der Waals surface area contributed by atoms with Crippen molar-refractivity contribution in [1.82, 2.24) is 5.32 Å². The molecule has 0 fully saturated rings. The SMILES string of the molecule is CC(C)CNCc1cc(F)ccc1Sc1ccc(Cl)cc1. The highest BCUT2D eigenvalue weighted by Gasteiger charge is 2.07. The van der Waals surface area contributed by atoms with Gasteiger partial charge < -0.3 is 5.32 Å². The predicted octanol–water partition coefficient (Wildman–Crippen LogP) is 5.38. The maximum Gasteiger partial charge on any atom is 0.123 e. The van der Waals surface area contributed by atoms with Gasteiger partial charge in [0.1, 0.15) is 5.82 Å². The molecule has 0 aliphatic heterocycles. The van der Waals surface area contributed by atoms with Crippen molar-refractivity contribution in [2.75, 3.05) is 6.54 Å². The fraction of sp³-hybridized carbons (Fsp3) is 0.294. The molecule has 0 aliphatic rings. The van der Waals surface area contributed by atoms with Crippen LogP contribution in [0.4, 0.5) is 4.39 Å². The van der Waals surface area contributed by atoms with Crippen LogP contribution in [0.5, 0.6) is 0 Å². The van der Waals surface area contributed by atoms with Gasteiger partial charge >= 0.3 is 0 Å². The van der Waals surface area contributed by atoms with Gasteiger partial charge in [-0.15, -0.1) is 0 Å². The van der Waals surface area contributed by atoms with Crippen molar-refractivity contribution in [3.63, 3.8) is 0 Å². The van der Waals surface area contributed by atoms with Gasteiger partial charge in [0.15, 0.2) is 0 Å². The lowest BCUT2D eigenvalue weighted by Crippen LogP contribution is -2.19. The van der Waals surface area contributed by atoms with Crippen molar-refractivity contribution in [3.05, 3.63) is 58.9 Å². The Kier molecular flexibility index (Phi) is 6.09. The maximum absolute atomic E-state index is 13.5. The summed E-state index contributed by atoms with van der Waals surface area (Å²) in [5.41, 5.74) is 0.982. The minimum absolute atomic E-state index is 0.197. The summed E-state index contributed by atoms with van der Waals surface area (Å²) in [6.07, 6.45) is 0. The third kappa shape index (κ3) is 5.34. The van der Waals surface area contributed by atoms with Gasteiger partial charge in [0.05, 0.1) is 0 Å². The molecule has 0 spiro atoms. The monoisotopic (exact) mass is 323 g/mol. The Bertz CT molecular complexity index is 584. The highest BCUT2D eigenvalue weighted by Crippen LogP contribution is 2.31. The first-order chi connectivity index (χ1) is 10.0. The average Bonchev–Trinajstić information content (AvgIpc) is 2.43. The van der Waals surface area contributed by atoms with Crippen LogP contribution in [-0.4, -0.2) is 6.54 Å².